The number of ether oxygens (including phenoxy) is 1. The van der Waals surface area contributed by atoms with Gasteiger partial charge in [0.15, 0.2) is 24.1 Å². The number of alkyl halides is 1. The van der Waals surface area contributed by atoms with Crippen LogP contribution in [0.2, 0.25) is 0 Å². The molecule has 1 N–H and O–H groups in total. The fraction of sp³-hybridized carbons (Fsp3) is 0.286. The van der Waals surface area contributed by atoms with Crippen molar-refractivity contribution in [1.29, 1.82) is 0 Å². The second-order valence-corrected chi connectivity index (χ2v) is 10.5. The van der Waals surface area contributed by atoms with E-state index in [-0.39, 0.29) is 17.3 Å². The highest BCUT2D eigenvalue weighted by molar-refractivity contribution is 9.10. The van der Waals surface area contributed by atoms with Crippen LogP contribution in [0.1, 0.15) is 30.2 Å². The maximum absolute atomic E-state index is 15.2. The number of benzene rings is 1. The van der Waals surface area contributed by atoms with Crippen LogP contribution in [0, 0.1) is 6.92 Å². The van der Waals surface area contributed by atoms with Gasteiger partial charge in [0.2, 0.25) is 5.91 Å². The van der Waals surface area contributed by atoms with Crippen LogP contribution in [0.15, 0.2) is 53.4 Å². The van der Waals surface area contributed by atoms with Crippen molar-refractivity contribution in [3.63, 3.8) is 0 Å². The van der Waals surface area contributed by atoms with E-state index < -0.39 is 49.2 Å². The van der Waals surface area contributed by atoms with Gasteiger partial charge in [0.25, 0.3) is 5.91 Å². The Labute approximate surface area is 247 Å². The number of nitrogens with zero attached hydrogens (tertiary/aromatic N) is 6. The van der Waals surface area contributed by atoms with Gasteiger partial charge < -0.3 is 15.0 Å². The van der Waals surface area contributed by atoms with Crippen molar-refractivity contribution in [3.8, 4) is 11.1 Å². The summed E-state index contributed by atoms with van der Waals surface area (Å²) in [6.07, 6.45) is -0.00871. The molecule has 3 atom stereocenters. The van der Waals surface area contributed by atoms with Crippen molar-refractivity contribution in [2.45, 2.75) is 45.6 Å². The van der Waals surface area contributed by atoms with Gasteiger partial charge in [-0.15, -0.1) is 0 Å². The van der Waals surface area contributed by atoms with Gasteiger partial charge in [-0.25, -0.2) is 19.3 Å². The molecule has 1 fully saturated rings. The first-order valence-corrected chi connectivity index (χ1v) is 13.7. The predicted molar refractivity (Wildman–Crippen MR) is 152 cm³/mol. The van der Waals surface area contributed by atoms with Crippen LogP contribution in [0.5, 0.6) is 0 Å². The van der Waals surface area contributed by atoms with Crippen molar-refractivity contribution >= 4 is 56.2 Å². The third kappa shape index (κ3) is 5.88. The van der Waals surface area contributed by atoms with Gasteiger partial charge in [0, 0.05) is 37.2 Å². The predicted octanol–water partition coefficient (Wildman–Crippen LogP) is 3.28. The fourth-order valence-corrected chi connectivity index (χ4v) is 5.18. The summed E-state index contributed by atoms with van der Waals surface area (Å²) in [5, 5.41) is 7.44. The van der Waals surface area contributed by atoms with Crippen LogP contribution in [0.4, 0.5) is 10.2 Å². The smallest absolute Gasteiger partial charge is 0.303 e. The summed E-state index contributed by atoms with van der Waals surface area (Å²) in [6, 6.07) is 8.60. The Hall–Kier alpha value is -4.59. The Bertz CT molecular complexity index is 1710. The number of anilines is 1. The number of halogens is 2. The largest absolute Gasteiger partial charge is 0.457 e. The second-order valence-electron chi connectivity index (χ2n) is 9.73. The average molecular weight is 638 g/mol. The summed E-state index contributed by atoms with van der Waals surface area (Å²) in [5.74, 6) is -1.78. The monoisotopic (exact) mass is 637 g/mol. The third-order valence-corrected chi connectivity index (χ3v) is 7.16. The Kier molecular flexibility index (Phi) is 8.07. The molecule has 1 aliphatic heterocycles. The first kappa shape index (κ1) is 28.9. The van der Waals surface area contributed by atoms with Gasteiger partial charge >= 0.3 is 5.97 Å². The third-order valence-electron chi connectivity index (χ3n) is 6.72. The molecule has 0 radical (unpaired) electrons. The molecule has 4 aromatic rings. The van der Waals surface area contributed by atoms with E-state index in [4.69, 9.17) is 4.74 Å². The number of aromatic nitrogens is 5. The minimum Gasteiger partial charge on any atom is -0.457 e. The number of hydrogen-bond donors (Lipinski definition) is 1. The first-order chi connectivity index (χ1) is 20.0. The maximum atomic E-state index is 15.2. The molecule has 14 heteroatoms. The zero-order valence-corrected chi connectivity index (χ0v) is 24.3. The quantitative estimate of drug-likeness (QED) is 0.183. The lowest BCUT2D eigenvalue weighted by Gasteiger charge is -2.26. The number of amides is 2. The average Bonchev–Trinajstić information content (AvgIpc) is 3.46. The summed E-state index contributed by atoms with van der Waals surface area (Å²) in [5.41, 5.74) is 2.11. The lowest BCUT2D eigenvalue weighted by molar-refractivity contribution is -0.153. The number of hydrogen-bond acceptors (Lipinski definition) is 9. The lowest BCUT2D eigenvalue weighted by atomic mass is 10.0. The normalized spacial score (nSPS) is 18.2. The number of likely N-dealkylation sites (tertiary alicyclic amines) is 1. The highest BCUT2D eigenvalue weighted by Crippen LogP contribution is 2.29. The van der Waals surface area contributed by atoms with Gasteiger partial charge in [-0.2, -0.15) is 5.10 Å². The fourth-order valence-electron chi connectivity index (χ4n) is 4.84. The molecule has 216 valence electrons. The molecule has 3 unspecified atom stereocenters. The van der Waals surface area contributed by atoms with Gasteiger partial charge in [-0.05, 0) is 52.7 Å². The van der Waals surface area contributed by atoms with E-state index in [9.17, 15) is 19.2 Å². The van der Waals surface area contributed by atoms with Crippen LogP contribution in [0.3, 0.4) is 0 Å². The number of nitrogens with one attached hydrogen (secondary N) is 1. The number of rotatable bonds is 7. The molecule has 2 amide bonds. The van der Waals surface area contributed by atoms with E-state index in [1.54, 1.807) is 49.6 Å². The SMILES string of the molecule is CC(=O)OC1C(F)CN(C(=O)Cn2nc(C(C)=O)c3cc(-c4cnc(C)nc4)ccc32)C1C(=O)Nc1cccc(Br)n1. The van der Waals surface area contributed by atoms with Crippen LogP contribution in [-0.4, -0.2) is 78.1 Å². The number of carbonyl (C=O) groups is 4. The maximum Gasteiger partial charge on any atom is 0.303 e. The van der Waals surface area contributed by atoms with E-state index >= 15 is 4.39 Å². The van der Waals surface area contributed by atoms with Gasteiger partial charge in [-0.3, -0.25) is 23.9 Å². The summed E-state index contributed by atoms with van der Waals surface area (Å²) >= 11 is 3.22. The standard InChI is InChI=1S/C28H25BrFN7O5/c1-14(38)25-19-9-17(18-10-31-15(2)32-11-18)7-8-21(19)37(35-25)13-24(40)36-12-20(30)27(42-16(3)39)26(36)28(41)34-23-6-4-5-22(29)33-23/h4-11,20,26-27H,12-13H2,1-3H3,(H,33,34,41). The molecule has 1 aromatic carbocycles. The second kappa shape index (κ2) is 11.7. The number of pyridine rings is 1. The molecule has 42 heavy (non-hydrogen) atoms. The summed E-state index contributed by atoms with van der Waals surface area (Å²) in [7, 11) is 0. The molecule has 3 aromatic heterocycles. The van der Waals surface area contributed by atoms with Gasteiger partial charge in [0.1, 0.15) is 28.5 Å². The van der Waals surface area contributed by atoms with Crippen molar-refractivity contribution in [2.75, 3.05) is 11.9 Å². The minimum atomic E-state index is -1.81. The minimum absolute atomic E-state index is 0.144. The van der Waals surface area contributed by atoms with Crippen molar-refractivity contribution in [2.24, 2.45) is 0 Å². The van der Waals surface area contributed by atoms with Crippen LogP contribution >= 0.6 is 15.9 Å². The number of fused-ring (bicyclic) bond motifs is 1. The Morgan fingerprint density at radius 1 is 1.10 bits per heavy atom. The lowest BCUT2D eigenvalue weighted by Crippen LogP contribution is -2.50. The molecule has 0 aliphatic carbocycles. The number of ketones is 1. The molecule has 1 saturated heterocycles. The topological polar surface area (TPSA) is 149 Å². The van der Waals surface area contributed by atoms with Crippen LogP contribution in [0.25, 0.3) is 22.0 Å². The molecule has 0 bridgehead atoms. The summed E-state index contributed by atoms with van der Waals surface area (Å²) < 4.78 is 22.1. The molecular weight excluding hydrogens is 613 g/mol. The molecule has 0 saturated carbocycles. The summed E-state index contributed by atoms with van der Waals surface area (Å²) in [4.78, 5) is 64.8. The number of Topliss-reactive ketones (excluding diaryl/α,β-unsaturated/α-hetero) is 1. The van der Waals surface area contributed by atoms with Crippen molar-refractivity contribution in [3.05, 3.63) is 64.9 Å². The number of carbonyl (C=O) groups excluding carboxylic acids is 4. The number of esters is 1. The van der Waals surface area contributed by atoms with E-state index in [1.807, 2.05) is 0 Å². The van der Waals surface area contributed by atoms with Crippen LogP contribution in [-0.2, 0) is 25.7 Å². The molecule has 4 heterocycles. The first-order valence-electron chi connectivity index (χ1n) is 12.9. The molecular formula is C28H25BrFN7O5. The summed E-state index contributed by atoms with van der Waals surface area (Å²) in [6.45, 7) is 3.34. The van der Waals surface area contributed by atoms with Gasteiger partial charge in [0.05, 0.1) is 12.1 Å². The van der Waals surface area contributed by atoms with Crippen molar-refractivity contribution < 1.29 is 28.3 Å². The van der Waals surface area contributed by atoms with E-state index in [0.29, 0.717) is 21.3 Å². The number of aryl methyl sites for hydroxylation is 1. The Morgan fingerprint density at radius 2 is 1.83 bits per heavy atom. The van der Waals surface area contributed by atoms with E-state index in [2.05, 4.69) is 41.3 Å². The Morgan fingerprint density at radius 3 is 2.50 bits per heavy atom. The Balaban J connectivity index is 1.46. The van der Waals surface area contributed by atoms with E-state index in [0.717, 1.165) is 23.0 Å². The molecule has 0 spiro atoms. The zero-order chi connectivity index (χ0) is 30.1. The van der Waals surface area contributed by atoms with Crippen molar-refractivity contribution in [1.82, 2.24) is 29.6 Å². The van der Waals surface area contributed by atoms with Gasteiger partial charge in [-0.1, -0.05) is 12.1 Å². The molecule has 5 rings (SSSR count). The highest BCUT2D eigenvalue weighted by atomic mass is 79.9. The highest BCUT2D eigenvalue weighted by Gasteiger charge is 2.50. The van der Waals surface area contributed by atoms with E-state index in [1.165, 1.54) is 17.7 Å². The van der Waals surface area contributed by atoms with Crippen LogP contribution < -0.4 is 5.32 Å². The molecule has 1 aliphatic rings. The zero-order valence-electron chi connectivity index (χ0n) is 22.7. The molecule has 12 nitrogen and oxygen atoms in total.